The van der Waals surface area contributed by atoms with E-state index in [0.717, 1.165) is 16.3 Å². The molecule has 5 heteroatoms. The van der Waals surface area contributed by atoms with E-state index in [2.05, 4.69) is 0 Å². The molecule has 0 unspecified atom stereocenters. The van der Waals surface area contributed by atoms with Crippen LogP contribution in [-0.2, 0) is 14.8 Å². The van der Waals surface area contributed by atoms with Crippen LogP contribution in [0.2, 0.25) is 0 Å². The van der Waals surface area contributed by atoms with E-state index in [1.807, 2.05) is 47.2 Å². The van der Waals surface area contributed by atoms with Gasteiger partial charge in [0.1, 0.15) is 0 Å². The average molecular weight is 337 g/mol. The molecule has 0 spiro atoms. The standard InChI is InChI=1S/C19H15NO3S/c21-19(20-24(22,23)17-10-2-1-3-11-17)14-13-16-9-6-8-15-7-4-5-12-18(15)16/h1-14H,(H,20,21)/b14-13+. The molecule has 0 bridgehead atoms. The number of rotatable bonds is 4. The van der Waals surface area contributed by atoms with Crippen LogP contribution < -0.4 is 4.72 Å². The lowest BCUT2D eigenvalue weighted by atomic mass is 10.0. The SMILES string of the molecule is O=C(/C=C/c1cccc2ccccc12)NS(=O)(=O)c1ccccc1. The van der Waals surface area contributed by atoms with Crippen molar-refractivity contribution in [2.45, 2.75) is 4.90 Å². The van der Waals surface area contributed by atoms with Crippen molar-refractivity contribution in [2.24, 2.45) is 0 Å². The molecule has 1 N–H and O–H groups in total. The van der Waals surface area contributed by atoms with Gasteiger partial charge in [-0.15, -0.1) is 0 Å². The average Bonchev–Trinajstić information content (AvgIpc) is 2.60. The first-order valence-electron chi connectivity index (χ1n) is 7.34. The summed E-state index contributed by atoms with van der Waals surface area (Å²) in [5.41, 5.74) is 0.848. The van der Waals surface area contributed by atoms with Gasteiger partial charge < -0.3 is 0 Å². The normalized spacial score (nSPS) is 11.7. The second-order valence-electron chi connectivity index (χ2n) is 5.18. The Kier molecular flexibility index (Phi) is 4.44. The summed E-state index contributed by atoms with van der Waals surface area (Å²) in [4.78, 5) is 12.0. The summed E-state index contributed by atoms with van der Waals surface area (Å²) < 4.78 is 26.2. The number of benzene rings is 3. The topological polar surface area (TPSA) is 63.2 Å². The Balaban J connectivity index is 1.81. The van der Waals surface area contributed by atoms with E-state index in [9.17, 15) is 13.2 Å². The van der Waals surface area contributed by atoms with Gasteiger partial charge in [0.2, 0.25) is 0 Å². The van der Waals surface area contributed by atoms with Crippen molar-refractivity contribution in [1.82, 2.24) is 4.72 Å². The fraction of sp³-hybridized carbons (Fsp3) is 0. The van der Waals surface area contributed by atoms with Crippen molar-refractivity contribution >= 4 is 32.8 Å². The molecule has 0 saturated heterocycles. The third-order valence-corrected chi connectivity index (χ3v) is 4.89. The van der Waals surface area contributed by atoms with Gasteiger partial charge >= 0.3 is 0 Å². The molecule has 3 aromatic carbocycles. The molecule has 0 atom stereocenters. The monoisotopic (exact) mass is 337 g/mol. The van der Waals surface area contributed by atoms with E-state index < -0.39 is 15.9 Å². The Morgan fingerprint density at radius 3 is 2.29 bits per heavy atom. The summed E-state index contributed by atoms with van der Waals surface area (Å²) >= 11 is 0. The molecule has 0 heterocycles. The van der Waals surface area contributed by atoms with Crippen LogP contribution in [0.4, 0.5) is 0 Å². The number of amides is 1. The molecular weight excluding hydrogens is 322 g/mol. The summed E-state index contributed by atoms with van der Waals surface area (Å²) in [5.74, 6) is -0.688. The second-order valence-corrected chi connectivity index (χ2v) is 6.87. The number of fused-ring (bicyclic) bond motifs is 1. The van der Waals surface area contributed by atoms with Crippen molar-refractivity contribution in [3.8, 4) is 0 Å². The molecule has 24 heavy (non-hydrogen) atoms. The molecule has 0 fully saturated rings. The number of carbonyl (C=O) groups is 1. The zero-order valence-electron chi connectivity index (χ0n) is 12.7. The molecule has 1 amide bonds. The molecule has 0 aliphatic heterocycles. The van der Waals surface area contributed by atoms with Gasteiger partial charge in [0.05, 0.1) is 4.90 Å². The predicted octanol–water partition coefficient (Wildman–Crippen LogP) is 3.36. The Bertz CT molecular complexity index is 1000. The van der Waals surface area contributed by atoms with Crippen LogP contribution in [0.1, 0.15) is 5.56 Å². The Labute approximate surface area is 140 Å². The highest BCUT2D eigenvalue weighted by molar-refractivity contribution is 7.90. The van der Waals surface area contributed by atoms with E-state index in [1.165, 1.54) is 18.2 Å². The van der Waals surface area contributed by atoms with Crippen LogP contribution in [-0.4, -0.2) is 14.3 Å². The molecule has 4 nitrogen and oxygen atoms in total. The molecule has 3 rings (SSSR count). The van der Waals surface area contributed by atoms with Gasteiger partial charge in [0.25, 0.3) is 15.9 Å². The number of carbonyl (C=O) groups excluding carboxylic acids is 1. The van der Waals surface area contributed by atoms with E-state index in [-0.39, 0.29) is 4.90 Å². The minimum Gasteiger partial charge on any atom is -0.269 e. The van der Waals surface area contributed by atoms with Crippen molar-refractivity contribution in [2.75, 3.05) is 0 Å². The summed E-state index contributed by atoms with van der Waals surface area (Å²) in [6.45, 7) is 0. The smallest absolute Gasteiger partial charge is 0.264 e. The molecule has 0 saturated carbocycles. The minimum atomic E-state index is -3.86. The third-order valence-electron chi connectivity index (χ3n) is 3.53. The molecule has 3 aromatic rings. The number of sulfonamides is 1. The lowest BCUT2D eigenvalue weighted by Crippen LogP contribution is -2.28. The van der Waals surface area contributed by atoms with Crippen molar-refractivity contribution in [1.29, 1.82) is 0 Å². The fourth-order valence-corrected chi connectivity index (χ4v) is 3.35. The van der Waals surface area contributed by atoms with Crippen LogP contribution in [0, 0.1) is 0 Å². The van der Waals surface area contributed by atoms with Gasteiger partial charge in [-0.2, -0.15) is 0 Å². The highest BCUT2D eigenvalue weighted by Gasteiger charge is 2.15. The molecular formula is C19H15NO3S. The third kappa shape index (κ3) is 3.52. The quantitative estimate of drug-likeness (QED) is 0.743. The van der Waals surface area contributed by atoms with Gasteiger partial charge in [-0.25, -0.2) is 13.1 Å². The Morgan fingerprint density at radius 1 is 0.833 bits per heavy atom. The van der Waals surface area contributed by atoms with Crippen molar-refractivity contribution in [3.63, 3.8) is 0 Å². The first-order chi connectivity index (χ1) is 11.6. The summed E-state index contributed by atoms with van der Waals surface area (Å²) in [7, 11) is -3.86. The highest BCUT2D eigenvalue weighted by Crippen LogP contribution is 2.19. The summed E-state index contributed by atoms with van der Waals surface area (Å²) in [6, 6.07) is 21.3. The first kappa shape index (κ1) is 16.0. The largest absolute Gasteiger partial charge is 0.269 e. The first-order valence-corrected chi connectivity index (χ1v) is 8.82. The van der Waals surface area contributed by atoms with Crippen LogP contribution in [0.3, 0.4) is 0 Å². The maximum absolute atomic E-state index is 12.1. The van der Waals surface area contributed by atoms with E-state index in [1.54, 1.807) is 24.3 Å². The van der Waals surface area contributed by atoms with Crippen molar-refractivity contribution in [3.05, 3.63) is 84.4 Å². The number of nitrogens with one attached hydrogen (secondary N) is 1. The second kappa shape index (κ2) is 6.68. The van der Waals surface area contributed by atoms with Crippen LogP contribution in [0.25, 0.3) is 16.8 Å². The molecule has 0 aliphatic rings. The molecule has 120 valence electrons. The van der Waals surface area contributed by atoms with Gasteiger partial charge in [-0.05, 0) is 34.5 Å². The summed E-state index contributed by atoms with van der Waals surface area (Å²) in [6.07, 6.45) is 2.83. The van der Waals surface area contributed by atoms with E-state index >= 15 is 0 Å². The van der Waals surface area contributed by atoms with Gasteiger partial charge in [-0.1, -0.05) is 60.7 Å². The van der Waals surface area contributed by atoms with Crippen LogP contribution in [0.5, 0.6) is 0 Å². The maximum Gasteiger partial charge on any atom is 0.264 e. The van der Waals surface area contributed by atoms with Crippen LogP contribution in [0.15, 0.2) is 83.8 Å². The lowest BCUT2D eigenvalue weighted by molar-refractivity contribution is -0.114. The maximum atomic E-state index is 12.1. The Hall–Kier alpha value is -2.92. The van der Waals surface area contributed by atoms with E-state index in [4.69, 9.17) is 0 Å². The van der Waals surface area contributed by atoms with E-state index in [0.29, 0.717) is 0 Å². The molecule has 0 radical (unpaired) electrons. The fourth-order valence-electron chi connectivity index (χ4n) is 2.39. The van der Waals surface area contributed by atoms with Crippen LogP contribution >= 0.6 is 0 Å². The molecule has 0 aromatic heterocycles. The minimum absolute atomic E-state index is 0.0527. The van der Waals surface area contributed by atoms with Gasteiger partial charge in [-0.3, -0.25) is 4.79 Å². The van der Waals surface area contributed by atoms with Gasteiger partial charge in [0.15, 0.2) is 0 Å². The zero-order valence-corrected chi connectivity index (χ0v) is 13.5. The van der Waals surface area contributed by atoms with Gasteiger partial charge in [0, 0.05) is 6.08 Å². The summed E-state index contributed by atoms with van der Waals surface area (Å²) in [5, 5.41) is 2.05. The predicted molar refractivity (Wildman–Crippen MR) is 94.8 cm³/mol. The zero-order chi connectivity index (χ0) is 17.0. The lowest BCUT2D eigenvalue weighted by Gasteiger charge is -2.04. The van der Waals surface area contributed by atoms with Crippen molar-refractivity contribution < 1.29 is 13.2 Å². The highest BCUT2D eigenvalue weighted by atomic mass is 32.2. The number of hydrogen-bond donors (Lipinski definition) is 1. The number of hydrogen-bond acceptors (Lipinski definition) is 3. The molecule has 0 aliphatic carbocycles. The Morgan fingerprint density at radius 2 is 1.50 bits per heavy atom.